The van der Waals surface area contributed by atoms with E-state index in [9.17, 15) is 4.79 Å². The summed E-state index contributed by atoms with van der Waals surface area (Å²) in [5.74, 6) is 0.405. The third-order valence-corrected chi connectivity index (χ3v) is 6.35. The Kier molecular flexibility index (Phi) is 7.84. The molecule has 0 spiro atoms. The number of hydrogen-bond donors (Lipinski definition) is 1. The number of methoxy groups -OCH3 is 2. The first-order valence-corrected chi connectivity index (χ1v) is 11.5. The van der Waals surface area contributed by atoms with Gasteiger partial charge in [-0.2, -0.15) is 0 Å². The van der Waals surface area contributed by atoms with Crippen molar-refractivity contribution in [3.8, 4) is 5.75 Å². The van der Waals surface area contributed by atoms with Gasteiger partial charge < -0.3 is 18.9 Å². The standard InChI is InChI=1S/C23H28N4O5S/c1-27(8-9-29-2)13-16-12-15(6-7-24-16)22(28)26-23-25-20-18(30-3)5-4-17(21(20)33-23)19-14-31-10-11-32-19/h4-7,12,19H,8-11,13-14H2,1-3H3,(H,25,26,28). The molecule has 1 aliphatic heterocycles. The first kappa shape index (κ1) is 23.5. The number of amides is 1. The number of rotatable bonds is 9. The largest absolute Gasteiger partial charge is 0.494 e. The number of nitrogens with one attached hydrogen (secondary N) is 1. The van der Waals surface area contributed by atoms with Gasteiger partial charge in [0, 0.05) is 37.5 Å². The van der Waals surface area contributed by atoms with Crippen molar-refractivity contribution in [3.63, 3.8) is 0 Å². The number of pyridine rings is 1. The summed E-state index contributed by atoms with van der Waals surface area (Å²) in [6.07, 6.45) is 1.47. The molecule has 3 heterocycles. The zero-order chi connectivity index (χ0) is 23.2. The van der Waals surface area contributed by atoms with Crippen molar-refractivity contribution in [2.75, 3.05) is 59.6 Å². The highest BCUT2D eigenvalue weighted by molar-refractivity contribution is 7.22. The van der Waals surface area contributed by atoms with Gasteiger partial charge >= 0.3 is 0 Å². The second-order valence-electron chi connectivity index (χ2n) is 7.71. The Morgan fingerprint density at radius 3 is 2.94 bits per heavy atom. The van der Waals surface area contributed by atoms with Crippen LogP contribution in [0.5, 0.6) is 5.75 Å². The summed E-state index contributed by atoms with van der Waals surface area (Å²) in [4.78, 5) is 24.1. The summed E-state index contributed by atoms with van der Waals surface area (Å²) in [6.45, 7) is 3.66. The molecule has 0 bridgehead atoms. The number of anilines is 1. The molecule has 0 radical (unpaired) electrons. The highest BCUT2D eigenvalue weighted by Gasteiger charge is 2.23. The van der Waals surface area contributed by atoms with Crippen LogP contribution in [0.15, 0.2) is 30.5 Å². The van der Waals surface area contributed by atoms with Crippen molar-refractivity contribution < 1.29 is 23.7 Å². The van der Waals surface area contributed by atoms with Crippen LogP contribution in [0, 0.1) is 0 Å². The second kappa shape index (κ2) is 11.0. The van der Waals surface area contributed by atoms with Crippen LogP contribution in [-0.4, -0.2) is 75.0 Å². The van der Waals surface area contributed by atoms with Crippen molar-refractivity contribution in [2.45, 2.75) is 12.6 Å². The number of carbonyl (C=O) groups excluding carboxylic acids is 1. The number of fused-ring (bicyclic) bond motifs is 1. The van der Waals surface area contributed by atoms with Gasteiger partial charge in [-0.1, -0.05) is 17.4 Å². The Morgan fingerprint density at radius 1 is 1.30 bits per heavy atom. The van der Waals surface area contributed by atoms with E-state index in [1.807, 2.05) is 19.2 Å². The maximum absolute atomic E-state index is 13.0. The van der Waals surface area contributed by atoms with Gasteiger partial charge in [0.1, 0.15) is 17.4 Å². The van der Waals surface area contributed by atoms with Crippen LogP contribution in [0.4, 0.5) is 5.13 Å². The van der Waals surface area contributed by atoms with Crippen molar-refractivity contribution in [3.05, 3.63) is 47.3 Å². The SMILES string of the molecule is COCCN(C)Cc1cc(C(=O)Nc2nc3c(OC)ccc(C4COCCO4)c3s2)ccn1. The Labute approximate surface area is 196 Å². The van der Waals surface area contributed by atoms with Crippen LogP contribution in [0.1, 0.15) is 27.7 Å². The van der Waals surface area contributed by atoms with Crippen LogP contribution in [0.25, 0.3) is 10.2 Å². The van der Waals surface area contributed by atoms with E-state index in [0.29, 0.717) is 54.9 Å². The van der Waals surface area contributed by atoms with Gasteiger partial charge in [0.25, 0.3) is 5.91 Å². The van der Waals surface area contributed by atoms with E-state index in [0.717, 1.165) is 22.5 Å². The Morgan fingerprint density at radius 2 is 2.18 bits per heavy atom. The van der Waals surface area contributed by atoms with Gasteiger partial charge in [-0.3, -0.25) is 20.0 Å². The molecule has 1 aliphatic rings. The molecule has 4 rings (SSSR count). The molecule has 1 atom stereocenters. The van der Waals surface area contributed by atoms with Crippen molar-refractivity contribution in [1.29, 1.82) is 0 Å². The fraction of sp³-hybridized carbons (Fsp3) is 0.435. The van der Waals surface area contributed by atoms with Crippen LogP contribution in [0.2, 0.25) is 0 Å². The van der Waals surface area contributed by atoms with E-state index in [4.69, 9.17) is 18.9 Å². The van der Waals surface area contributed by atoms with E-state index in [1.54, 1.807) is 32.5 Å². The number of aromatic nitrogens is 2. The lowest BCUT2D eigenvalue weighted by Crippen LogP contribution is -2.23. The van der Waals surface area contributed by atoms with E-state index in [2.05, 4.69) is 20.2 Å². The minimum Gasteiger partial charge on any atom is -0.494 e. The van der Waals surface area contributed by atoms with Crippen molar-refractivity contribution in [2.24, 2.45) is 0 Å². The first-order chi connectivity index (χ1) is 16.1. The molecule has 1 amide bonds. The second-order valence-corrected chi connectivity index (χ2v) is 8.71. The number of likely N-dealkylation sites (N-methyl/N-ethyl adjacent to an activating group) is 1. The lowest BCUT2D eigenvalue weighted by Gasteiger charge is -2.23. The first-order valence-electron chi connectivity index (χ1n) is 10.7. The minimum atomic E-state index is -0.241. The van der Waals surface area contributed by atoms with Crippen LogP contribution in [0.3, 0.4) is 0 Å². The zero-order valence-electron chi connectivity index (χ0n) is 19.0. The quantitative estimate of drug-likeness (QED) is 0.508. The molecular weight excluding hydrogens is 444 g/mol. The van der Waals surface area contributed by atoms with Crippen LogP contribution in [-0.2, 0) is 20.8 Å². The fourth-order valence-corrected chi connectivity index (χ4v) is 4.65. The summed E-state index contributed by atoms with van der Waals surface area (Å²) >= 11 is 1.40. The van der Waals surface area contributed by atoms with Gasteiger partial charge in [0.05, 0.1) is 43.9 Å². The Hall–Kier alpha value is -2.63. The molecule has 33 heavy (non-hydrogen) atoms. The molecule has 1 fully saturated rings. The minimum absolute atomic E-state index is 0.172. The molecule has 9 nitrogen and oxygen atoms in total. The van der Waals surface area contributed by atoms with E-state index < -0.39 is 0 Å². The topological polar surface area (TPSA) is 95.0 Å². The third-order valence-electron chi connectivity index (χ3n) is 5.33. The summed E-state index contributed by atoms with van der Waals surface area (Å²) in [7, 11) is 5.27. The summed E-state index contributed by atoms with van der Waals surface area (Å²) in [6, 6.07) is 7.33. The number of carbonyl (C=O) groups is 1. The monoisotopic (exact) mass is 472 g/mol. The van der Waals surface area contributed by atoms with Gasteiger partial charge in [0.15, 0.2) is 5.13 Å². The zero-order valence-corrected chi connectivity index (χ0v) is 19.8. The predicted molar refractivity (Wildman–Crippen MR) is 126 cm³/mol. The Balaban J connectivity index is 1.54. The molecule has 1 aromatic carbocycles. The van der Waals surface area contributed by atoms with Crippen molar-refractivity contribution in [1.82, 2.24) is 14.9 Å². The van der Waals surface area contributed by atoms with Gasteiger partial charge in [-0.15, -0.1) is 0 Å². The average molecular weight is 473 g/mol. The highest BCUT2D eigenvalue weighted by Crippen LogP contribution is 2.39. The Bertz CT molecular complexity index is 1100. The van der Waals surface area contributed by atoms with E-state index >= 15 is 0 Å². The fourth-order valence-electron chi connectivity index (χ4n) is 3.62. The molecule has 1 N–H and O–H groups in total. The highest BCUT2D eigenvalue weighted by atomic mass is 32.1. The molecule has 1 unspecified atom stereocenters. The average Bonchev–Trinajstić information content (AvgIpc) is 3.26. The smallest absolute Gasteiger partial charge is 0.257 e. The maximum atomic E-state index is 13.0. The number of hydrogen-bond acceptors (Lipinski definition) is 9. The molecule has 1 saturated heterocycles. The lowest BCUT2D eigenvalue weighted by atomic mass is 10.1. The molecule has 0 saturated carbocycles. The molecule has 10 heteroatoms. The van der Waals surface area contributed by atoms with E-state index in [-0.39, 0.29) is 12.0 Å². The summed E-state index contributed by atoms with van der Waals surface area (Å²) in [5.41, 5.74) is 3.01. The maximum Gasteiger partial charge on any atom is 0.257 e. The number of nitrogens with zero attached hydrogens (tertiary/aromatic N) is 3. The molecule has 0 aliphatic carbocycles. The normalized spacial score (nSPS) is 16.3. The number of thiazole rings is 1. The van der Waals surface area contributed by atoms with Gasteiger partial charge in [-0.25, -0.2) is 4.98 Å². The number of ether oxygens (including phenoxy) is 4. The van der Waals surface area contributed by atoms with Crippen molar-refractivity contribution >= 4 is 32.6 Å². The van der Waals surface area contributed by atoms with Crippen LogP contribution < -0.4 is 10.1 Å². The number of benzene rings is 1. The lowest BCUT2D eigenvalue weighted by molar-refractivity contribution is -0.0895. The van der Waals surface area contributed by atoms with Gasteiger partial charge in [0.2, 0.25) is 0 Å². The molecule has 3 aromatic rings. The van der Waals surface area contributed by atoms with E-state index in [1.165, 1.54) is 11.3 Å². The molecule has 2 aromatic heterocycles. The molecular formula is C23H28N4O5S. The van der Waals surface area contributed by atoms with Gasteiger partial charge in [-0.05, 0) is 25.2 Å². The molecule has 176 valence electrons. The summed E-state index contributed by atoms with van der Waals surface area (Å²) in [5, 5.41) is 3.42. The summed E-state index contributed by atoms with van der Waals surface area (Å²) < 4.78 is 23.0. The predicted octanol–water partition coefficient (Wildman–Crippen LogP) is 3.12. The third kappa shape index (κ3) is 5.66. The van der Waals surface area contributed by atoms with Crippen LogP contribution >= 0.6 is 11.3 Å².